The molecule has 1 heterocycles. The number of carbonyl (C=O) groups excluding carboxylic acids is 2. The van der Waals surface area contributed by atoms with Crippen molar-refractivity contribution < 1.29 is 9.59 Å². The zero-order valence-electron chi connectivity index (χ0n) is 11.7. The van der Waals surface area contributed by atoms with E-state index in [0.717, 1.165) is 23.0 Å². The van der Waals surface area contributed by atoms with E-state index in [4.69, 9.17) is 0 Å². The fraction of sp³-hybridized carbons (Fsp3) is 0.0588. The van der Waals surface area contributed by atoms with Crippen LogP contribution in [0.15, 0.2) is 65.6 Å². The van der Waals surface area contributed by atoms with Crippen molar-refractivity contribution in [3.05, 3.63) is 71.1 Å². The summed E-state index contributed by atoms with van der Waals surface area (Å²) in [7, 11) is 0. The minimum absolute atomic E-state index is 0.167. The SMILES string of the molecule is O=C1SC(=Cc2ccccc2)C(=O)N1CNc1ccccc1. The normalized spacial score (nSPS) is 16.4. The van der Waals surface area contributed by atoms with Crippen LogP contribution in [0.25, 0.3) is 6.08 Å². The second kappa shape index (κ2) is 6.49. The Morgan fingerprint density at radius 2 is 1.59 bits per heavy atom. The Morgan fingerprint density at radius 1 is 0.955 bits per heavy atom. The molecule has 110 valence electrons. The summed E-state index contributed by atoms with van der Waals surface area (Å²) in [6, 6.07) is 19.0. The summed E-state index contributed by atoms with van der Waals surface area (Å²) in [5.41, 5.74) is 1.78. The van der Waals surface area contributed by atoms with E-state index in [1.807, 2.05) is 60.7 Å². The van der Waals surface area contributed by atoms with Gasteiger partial charge in [-0.3, -0.25) is 14.5 Å². The number of hydrogen-bond acceptors (Lipinski definition) is 4. The molecule has 1 aliphatic rings. The molecule has 2 amide bonds. The molecule has 2 aromatic carbocycles. The van der Waals surface area contributed by atoms with E-state index in [2.05, 4.69) is 5.32 Å². The summed E-state index contributed by atoms with van der Waals surface area (Å²) in [5.74, 6) is -0.262. The van der Waals surface area contributed by atoms with Crippen LogP contribution in [0.4, 0.5) is 10.5 Å². The zero-order chi connectivity index (χ0) is 15.4. The fourth-order valence-corrected chi connectivity index (χ4v) is 2.90. The lowest BCUT2D eigenvalue weighted by Gasteiger charge is -2.14. The van der Waals surface area contributed by atoms with Gasteiger partial charge in [0.05, 0.1) is 11.6 Å². The van der Waals surface area contributed by atoms with Crippen LogP contribution in [0, 0.1) is 0 Å². The average Bonchev–Trinajstić information content (AvgIpc) is 2.81. The lowest BCUT2D eigenvalue weighted by Crippen LogP contribution is -2.33. The minimum Gasteiger partial charge on any atom is -0.367 e. The molecule has 0 bridgehead atoms. The molecule has 5 heteroatoms. The number of carbonyl (C=O) groups is 2. The minimum atomic E-state index is -0.262. The highest BCUT2D eigenvalue weighted by Gasteiger charge is 2.34. The van der Waals surface area contributed by atoms with Gasteiger partial charge in [-0.2, -0.15) is 0 Å². The van der Waals surface area contributed by atoms with Gasteiger partial charge in [-0.25, -0.2) is 0 Å². The molecule has 0 aromatic heterocycles. The summed E-state index contributed by atoms with van der Waals surface area (Å²) in [6.07, 6.45) is 1.74. The van der Waals surface area contributed by atoms with Crippen molar-refractivity contribution in [3.63, 3.8) is 0 Å². The van der Waals surface area contributed by atoms with Crippen LogP contribution in [0.5, 0.6) is 0 Å². The lowest BCUT2D eigenvalue weighted by atomic mass is 10.2. The van der Waals surface area contributed by atoms with Crippen LogP contribution in [0.1, 0.15) is 5.56 Å². The number of amides is 2. The van der Waals surface area contributed by atoms with Crippen molar-refractivity contribution in [1.29, 1.82) is 0 Å². The summed E-state index contributed by atoms with van der Waals surface area (Å²) in [6.45, 7) is 0.167. The number of nitrogens with zero attached hydrogens (tertiary/aromatic N) is 1. The van der Waals surface area contributed by atoms with Gasteiger partial charge in [0.15, 0.2) is 0 Å². The first kappa shape index (κ1) is 14.4. The summed E-state index contributed by atoms with van der Waals surface area (Å²) in [4.78, 5) is 26.0. The Hall–Kier alpha value is -2.53. The van der Waals surface area contributed by atoms with Gasteiger partial charge in [0.25, 0.3) is 11.1 Å². The predicted octanol–water partition coefficient (Wildman–Crippen LogP) is 3.79. The fourth-order valence-electron chi connectivity index (χ4n) is 2.06. The number of hydrogen-bond donors (Lipinski definition) is 1. The highest BCUT2D eigenvalue weighted by Crippen LogP contribution is 2.31. The van der Waals surface area contributed by atoms with Gasteiger partial charge in [0.1, 0.15) is 0 Å². The van der Waals surface area contributed by atoms with E-state index in [1.54, 1.807) is 6.08 Å². The van der Waals surface area contributed by atoms with Crippen LogP contribution >= 0.6 is 11.8 Å². The van der Waals surface area contributed by atoms with Gasteiger partial charge in [-0.05, 0) is 35.5 Å². The maximum absolute atomic E-state index is 12.3. The van der Waals surface area contributed by atoms with E-state index in [-0.39, 0.29) is 17.8 Å². The second-order valence-electron chi connectivity index (χ2n) is 4.72. The van der Waals surface area contributed by atoms with Gasteiger partial charge in [0.2, 0.25) is 0 Å². The van der Waals surface area contributed by atoms with Crippen molar-refractivity contribution in [2.24, 2.45) is 0 Å². The largest absolute Gasteiger partial charge is 0.367 e. The monoisotopic (exact) mass is 310 g/mol. The Morgan fingerprint density at radius 3 is 2.27 bits per heavy atom. The third-order valence-corrected chi connectivity index (χ3v) is 4.09. The molecule has 0 unspecified atom stereocenters. The first-order valence-corrected chi connectivity index (χ1v) is 7.65. The first-order valence-electron chi connectivity index (χ1n) is 6.83. The molecule has 0 spiro atoms. The number of para-hydroxylation sites is 1. The first-order chi connectivity index (χ1) is 10.7. The van der Waals surface area contributed by atoms with E-state index in [9.17, 15) is 9.59 Å². The highest BCUT2D eigenvalue weighted by atomic mass is 32.2. The quantitative estimate of drug-likeness (QED) is 0.873. The van der Waals surface area contributed by atoms with E-state index in [1.165, 1.54) is 4.90 Å². The Bertz CT molecular complexity index is 714. The van der Waals surface area contributed by atoms with E-state index >= 15 is 0 Å². The number of thioether (sulfide) groups is 1. The van der Waals surface area contributed by atoms with Crippen molar-refractivity contribution in [2.45, 2.75) is 0 Å². The summed E-state index contributed by atoms with van der Waals surface area (Å²) >= 11 is 0.970. The van der Waals surface area contributed by atoms with Crippen molar-refractivity contribution >= 4 is 34.7 Å². The van der Waals surface area contributed by atoms with Crippen LogP contribution in [0.3, 0.4) is 0 Å². The summed E-state index contributed by atoms with van der Waals surface area (Å²) < 4.78 is 0. The number of imide groups is 1. The number of nitrogens with one attached hydrogen (secondary N) is 1. The maximum Gasteiger partial charge on any atom is 0.295 e. The highest BCUT2D eigenvalue weighted by molar-refractivity contribution is 8.18. The maximum atomic E-state index is 12.3. The van der Waals surface area contributed by atoms with Crippen molar-refractivity contribution in [1.82, 2.24) is 4.90 Å². The predicted molar refractivity (Wildman–Crippen MR) is 89.2 cm³/mol. The molecule has 1 fully saturated rings. The topological polar surface area (TPSA) is 49.4 Å². The Labute approximate surface area is 132 Å². The van der Waals surface area contributed by atoms with Gasteiger partial charge in [-0.1, -0.05) is 48.5 Å². The molecule has 0 aliphatic carbocycles. The van der Waals surface area contributed by atoms with Gasteiger partial charge >= 0.3 is 0 Å². The Kier molecular flexibility index (Phi) is 4.25. The molecule has 1 aliphatic heterocycles. The molecular formula is C17H14N2O2S. The van der Waals surface area contributed by atoms with Gasteiger partial charge in [-0.15, -0.1) is 0 Å². The molecule has 3 rings (SSSR count). The number of rotatable bonds is 4. The molecule has 0 radical (unpaired) electrons. The molecule has 1 saturated heterocycles. The van der Waals surface area contributed by atoms with E-state index < -0.39 is 0 Å². The third-order valence-electron chi connectivity index (χ3n) is 3.19. The summed E-state index contributed by atoms with van der Waals surface area (Å²) in [5, 5.41) is 2.82. The van der Waals surface area contributed by atoms with Crippen LogP contribution in [0.2, 0.25) is 0 Å². The Balaban J connectivity index is 1.71. The molecule has 2 aromatic rings. The van der Waals surface area contributed by atoms with Crippen LogP contribution in [-0.4, -0.2) is 22.7 Å². The zero-order valence-corrected chi connectivity index (χ0v) is 12.5. The van der Waals surface area contributed by atoms with Crippen molar-refractivity contribution in [3.8, 4) is 0 Å². The standard InChI is InChI=1S/C17H14N2O2S/c20-16-15(11-13-7-3-1-4-8-13)22-17(21)19(16)12-18-14-9-5-2-6-10-14/h1-11,18H,12H2. The molecular weight excluding hydrogens is 296 g/mol. The van der Waals surface area contributed by atoms with Crippen LogP contribution < -0.4 is 5.32 Å². The smallest absolute Gasteiger partial charge is 0.295 e. The number of benzene rings is 2. The van der Waals surface area contributed by atoms with E-state index in [0.29, 0.717) is 4.91 Å². The lowest BCUT2D eigenvalue weighted by molar-refractivity contribution is -0.122. The molecule has 4 nitrogen and oxygen atoms in total. The molecule has 0 atom stereocenters. The molecule has 1 N–H and O–H groups in total. The third kappa shape index (κ3) is 3.20. The molecule has 0 saturated carbocycles. The number of anilines is 1. The van der Waals surface area contributed by atoms with Gasteiger partial charge in [0, 0.05) is 5.69 Å². The van der Waals surface area contributed by atoms with Crippen molar-refractivity contribution in [2.75, 3.05) is 12.0 Å². The molecule has 22 heavy (non-hydrogen) atoms. The van der Waals surface area contributed by atoms with Gasteiger partial charge < -0.3 is 5.32 Å². The second-order valence-corrected chi connectivity index (χ2v) is 5.71. The van der Waals surface area contributed by atoms with Crippen LogP contribution in [-0.2, 0) is 4.79 Å². The average molecular weight is 310 g/mol.